The highest BCUT2D eigenvalue weighted by molar-refractivity contribution is 5.77. The van der Waals surface area contributed by atoms with Gasteiger partial charge in [0.15, 0.2) is 0 Å². The molecule has 1 unspecified atom stereocenters. The van der Waals surface area contributed by atoms with Crippen LogP contribution in [-0.2, 0) is 16.1 Å². The van der Waals surface area contributed by atoms with Crippen LogP contribution in [0, 0.1) is 0 Å². The molecule has 0 spiro atoms. The fraction of sp³-hybridized carbons (Fsp3) is 0.611. The molecule has 4 nitrogen and oxygen atoms in total. The van der Waals surface area contributed by atoms with Crippen LogP contribution in [0.25, 0.3) is 0 Å². The summed E-state index contributed by atoms with van der Waals surface area (Å²) in [7, 11) is 0. The van der Waals surface area contributed by atoms with Crippen molar-refractivity contribution in [3.05, 3.63) is 35.9 Å². The largest absolute Gasteiger partial charge is 0.368 e. The third-order valence-electron chi connectivity index (χ3n) is 4.37. The standard InChI is InChI=1S/C18H28N2O2/c1-3-15(2)20(13-16-7-5-4-6-8-16)18(21)14-22-17-9-11-19-12-10-17/h4-8,15,17,19H,3,9-14H2,1-2H3. The van der Waals surface area contributed by atoms with Crippen LogP contribution in [0.4, 0.5) is 0 Å². The van der Waals surface area contributed by atoms with Gasteiger partial charge in [0.1, 0.15) is 6.61 Å². The van der Waals surface area contributed by atoms with Crippen molar-refractivity contribution in [2.75, 3.05) is 19.7 Å². The molecule has 1 fully saturated rings. The van der Waals surface area contributed by atoms with Gasteiger partial charge in [-0.25, -0.2) is 0 Å². The molecule has 1 aromatic rings. The molecule has 1 aromatic carbocycles. The second-order valence-electron chi connectivity index (χ2n) is 6.02. The minimum atomic E-state index is 0.0942. The Bertz CT molecular complexity index is 444. The Labute approximate surface area is 133 Å². The number of nitrogens with one attached hydrogen (secondary N) is 1. The maximum absolute atomic E-state index is 12.6. The molecule has 1 saturated heterocycles. The zero-order valence-electron chi connectivity index (χ0n) is 13.8. The molecular formula is C18H28N2O2. The third kappa shape index (κ3) is 5.11. The number of hydrogen-bond acceptors (Lipinski definition) is 3. The van der Waals surface area contributed by atoms with E-state index in [9.17, 15) is 4.79 Å². The summed E-state index contributed by atoms with van der Waals surface area (Å²) in [5, 5.41) is 3.31. The van der Waals surface area contributed by atoms with Gasteiger partial charge in [0.05, 0.1) is 6.10 Å². The SMILES string of the molecule is CCC(C)N(Cc1ccccc1)C(=O)COC1CCNCC1. The lowest BCUT2D eigenvalue weighted by Crippen LogP contribution is -2.41. The van der Waals surface area contributed by atoms with Crippen LogP contribution in [0.5, 0.6) is 0 Å². The monoisotopic (exact) mass is 304 g/mol. The van der Waals surface area contributed by atoms with Gasteiger partial charge in [0, 0.05) is 12.6 Å². The molecule has 1 heterocycles. The summed E-state index contributed by atoms with van der Waals surface area (Å²) in [6.45, 7) is 7.04. The van der Waals surface area contributed by atoms with Crippen LogP contribution < -0.4 is 5.32 Å². The maximum atomic E-state index is 12.6. The van der Waals surface area contributed by atoms with Gasteiger partial charge in [-0.1, -0.05) is 37.3 Å². The lowest BCUT2D eigenvalue weighted by atomic mass is 10.1. The lowest BCUT2D eigenvalue weighted by Gasteiger charge is -2.30. The lowest BCUT2D eigenvalue weighted by molar-refractivity contribution is -0.141. The molecule has 1 atom stereocenters. The van der Waals surface area contributed by atoms with Crippen molar-refractivity contribution in [2.24, 2.45) is 0 Å². The molecule has 4 heteroatoms. The van der Waals surface area contributed by atoms with E-state index in [1.165, 1.54) is 0 Å². The van der Waals surface area contributed by atoms with Gasteiger partial charge in [-0.3, -0.25) is 4.79 Å². The van der Waals surface area contributed by atoms with E-state index < -0.39 is 0 Å². The maximum Gasteiger partial charge on any atom is 0.249 e. The molecule has 0 bridgehead atoms. The predicted octanol–water partition coefficient (Wildman–Crippen LogP) is 2.58. The van der Waals surface area contributed by atoms with Crippen LogP contribution in [0.2, 0.25) is 0 Å². The molecule has 1 aliphatic heterocycles. The number of carbonyl (C=O) groups is 1. The minimum absolute atomic E-state index is 0.0942. The highest BCUT2D eigenvalue weighted by Gasteiger charge is 2.21. The minimum Gasteiger partial charge on any atom is -0.368 e. The molecular weight excluding hydrogens is 276 g/mol. The molecule has 1 aliphatic rings. The van der Waals surface area contributed by atoms with Crippen molar-refractivity contribution in [1.29, 1.82) is 0 Å². The summed E-state index contributed by atoms with van der Waals surface area (Å²) in [6, 6.07) is 10.4. The zero-order valence-corrected chi connectivity index (χ0v) is 13.8. The summed E-state index contributed by atoms with van der Waals surface area (Å²) >= 11 is 0. The van der Waals surface area contributed by atoms with E-state index in [1.54, 1.807) is 0 Å². The number of amides is 1. The zero-order chi connectivity index (χ0) is 15.8. The molecule has 122 valence electrons. The summed E-state index contributed by atoms with van der Waals surface area (Å²) in [5.41, 5.74) is 1.16. The van der Waals surface area contributed by atoms with E-state index >= 15 is 0 Å². The van der Waals surface area contributed by atoms with Crippen molar-refractivity contribution < 1.29 is 9.53 Å². The van der Waals surface area contributed by atoms with Crippen LogP contribution in [0.1, 0.15) is 38.7 Å². The van der Waals surface area contributed by atoms with Gasteiger partial charge < -0.3 is 15.0 Å². The molecule has 0 aliphatic carbocycles. The Morgan fingerprint density at radius 1 is 1.32 bits per heavy atom. The van der Waals surface area contributed by atoms with Gasteiger partial charge in [-0.2, -0.15) is 0 Å². The fourth-order valence-electron chi connectivity index (χ4n) is 2.72. The topological polar surface area (TPSA) is 41.6 Å². The van der Waals surface area contributed by atoms with Crippen LogP contribution in [-0.4, -0.2) is 42.6 Å². The number of benzene rings is 1. The Hall–Kier alpha value is -1.39. The Balaban J connectivity index is 1.90. The van der Waals surface area contributed by atoms with Crippen LogP contribution in [0.3, 0.4) is 0 Å². The van der Waals surface area contributed by atoms with Crippen LogP contribution in [0.15, 0.2) is 30.3 Å². The summed E-state index contributed by atoms with van der Waals surface area (Å²) in [6.07, 6.45) is 3.16. The van der Waals surface area contributed by atoms with Gasteiger partial charge in [0.25, 0.3) is 0 Å². The molecule has 22 heavy (non-hydrogen) atoms. The van der Waals surface area contributed by atoms with Gasteiger partial charge in [-0.15, -0.1) is 0 Å². The van der Waals surface area contributed by atoms with E-state index in [-0.39, 0.29) is 24.7 Å². The average molecular weight is 304 g/mol. The molecule has 0 radical (unpaired) electrons. The van der Waals surface area contributed by atoms with Crippen molar-refractivity contribution >= 4 is 5.91 Å². The molecule has 0 saturated carbocycles. The highest BCUT2D eigenvalue weighted by atomic mass is 16.5. The van der Waals surface area contributed by atoms with Crippen molar-refractivity contribution in [3.63, 3.8) is 0 Å². The van der Waals surface area contributed by atoms with E-state index in [1.807, 2.05) is 23.1 Å². The molecule has 1 N–H and O–H groups in total. The van der Waals surface area contributed by atoms with Gasteiger partial charge >= 0.3 is 0 Å². The number of nitrogens with zero attached hydrogens (tertiary/aromatic N) is 1. The van der Waals surface area contributed by atoms with Crippen molar-refractivity contribution in [2.45, 2.75) is 51.8 Å². The van der Waals surface area contributed by atoms with E-state index in [0.29, 0.717) is 6.54 Å². The molecule has 1 amide bonds. The first-order valence-electron chi connectivity index (χ1n) is 8.36. The second kappa shape index (κ2) is 8.91. The number of rotatable bonds is 7. The highest BCUT2D eigenvalue weighted by Crippen LogP contribution is 2.13. The third-order valence-corrected chi connectivity index (χ3v) is 4.37. The molecule has 0 aromatic heterocycles. The predicted molar refractivity (Wildman–Crippen MR) is 88.6 cm³/mol. The number of carbonyl (C=O) groups excluding carboxylic acids is 1. The first-order valence-corrected chi connectivity index (χ1v) is 8.36. The Morgan fingerprint density at radius 2 is 2.00 bits per heavy atom. The Kier molecular flexibility index (Phi) is 6.87. The molecule has 2 rings (SSSR count). The second-order valence-corrected chi connectivity index (χ2v) is 6.02. The summed E-state index contributed by atoms with van der Waals surface area (Å²) < 4.78 is 5.83. The number of ether oxygens (including phenoxy) is 1. The Morgan fingerprint density at radius 3 is 2.64 bits per heavy atom. The van der Waals surface area contributed by atoms with Crippen molar-refractivity contribution in [3.8, 4) is 0 Å². The number of piperidine rings is 1. The van der Waals surface area contributed by atoms with E-state index in [0.717, 1.165) is 37.9 Å². The number of hydrogen-bond donors (Lipinski definition) is 1. The van der Waals surface area contributed by atoms with Crippen molar-refractivity contribution in [1.82, 2.24) is 10.2 Å². The van der Waals surface area contributed by atoms with Gasteiger partial charge in [0.2, 0.25) is 5.91 Å². The quantitative estimate of drug-likeness (QED) is 0.842. The fourth-order valence-corrected chi connectivity index (χ4v) is 2.72. The van der Waals surface area contributed by atoms with Crippen LogP contribution >= 0.6 is 0 Å². The first-order chi connectivity index (χ1) is 10.7. The summed E-state index contributed by atoms with van der Waals surface area (Å²) in [4.78, 5) is 14.5. The smallest absolute Gasteiger partial charge is 0.249 e. The van der Waals surface area contributed by atoms with E-state index in [2.05, 4.69) is 31.3 Å². The average Bonchev–Trinajstić information content (AvgIpc) is 2.58. The normalized spacial score (nSPS) is 17.2. The first kappa shape index (κ1) is 17.0. The van der Waals surface area contributed by atoms with E-state index in [4.69, 9.17) is 4.74 Å². The van der Waals surface area contributed by atoms with Gasteiger partial charge in [-0.05, 0) is 44.8 Å². The summed E-state index contributed by atoms with van der Waals surface area (Å²) in [5.74, 6) is 0.0942.